The molecule has 0 aliphatic carbocycles. The summed E-state index contributed by atoms with van der Waals surface area (Å²) in [7, 11) is 0. The number of anilines is 1. The number of carbonyl (C=O) groups excluding carboxylic acids is 2. The van der Waals surface area contributed by atoms with Crippen molar-refractivity contribution in [3.05, 3.63) is 65.5 Å². The summed E-state index contributed by atoms with van der Waals surface area (Å²) >= 11 is 0. The van der Waals surface area contributed by atoms with Gasteiger partial charge in [-0.15, -0.1) is 0 Å². The molecule has 2 amide bonds. The maximum Gasteiger partial charge on any atom is 0.251 e. The lowest BCUT2D eigenvalue weighted by atomic mass is 10.1. The summed E-state index contributed by atoms with van der Waals surface area (Å²) in [5.41, 5.74) is 2.03. The SMILES string of the molecule is CC(c1ccc(F)cc1)N1CCC(Nc2cccc(C(=O)NCCO)c2)C1=O. The summed E-state index contributed by atoms with van der Waals surface area (Å²) in [4.78, 5) is 26.6. The van der Waals surface area contributed by atoms with E-state index in [1.165, 1.54) is 12.1 Å². The molecule has 3 N–H and O–H groups in total. The average Bonchev–Trinajstić information content (AvgIpc) is 3.06. The predicted octanol–water partition coefficient (Wildman–Crippen LogP) is 2.32. The van der Waals surface area contributed by atoms with Crippen LogP contribution in [0.15, 0.2) is 48.5 Å². The number of carbonyl (C=O) groups is 2. The third-order valence-electron chi connectivity index (χ3n) is 4.92. The molecule has 2 aromatic rings. The number of benzene rings is 2. The second-order valence-electron chi connectivity index (χ2n) is 6.81. The third kappa shape index (κ3) is 4.48. The smallest absolute Gasteiger partial charge is 0.251 e. The van der Waals surface area contributed by atoms with Gasteiger partial charge in [-0.25, -0.2) is 4.39 Å². The molecule has 3 rings (SSSR count). The summed E-state index contributed by atoms with van der Waals surface area (Å²) in [5.74, 6) is -0.597. The zero-order valence-electron chi connectivity index (χ0n) is 15.7. The molecule has 0 radical (unpaired) electrons. The number of nitrogens with zero attached hydrogens (tertiary/aromatic N) is 1. The minimum atomic E-state index is -0.376. The lowest BCUT2D eigenvalue weighted by Gasteiger charge is -2.25. The van der Waals surface area contributed by atoms with Gasteiger partial charge in [0, 0.05) is 24.3 Å². The van der Waals surface area contributed by atoms with Gasteiger partial charge in [0.25, 0.3) is 5.91 Å². The predicted molar refractivity (Wildman–Crippen MR) is 104 cm³/mol. The molecule has 6 nitrogen and oxygen atoms in total. The molecule has 0 bridgehead atoms. The van der Waals surface area contributed by atoms with Gasteiger partial charge in [-0.3, -0.25) is 9.59 Å². The van der Waals surface area contributed by atoms with Crippen LogP contribution in [0.1, 0.15) is 35.3 Å². The number of rotatable bonds is 7. The van der Waals surface area contributed by atoms with E-state index < -0.39 is 0 Å². The highest BCUT2D eigenvalue weighted by Gasteiger charge is 2.34. The monoisotopic (exact) mass is 385 g/mol. The Balaban J connectivity index is 1.65. The fourth-order valence-corrected chi connectivity index (χ4v) is 3.36. The fourth-order valence-electron chi connectivity index (χ4n) is 3.36. The van der Waals surface area contributed by atoms with Crippen molar-refractivity contribution in [2.45, 2.75) is 25.4 Å². The van der Waals surface area contributed by atoms with Gasteiger partial charge in [0.15, 0.2) is 0 Å². The summed E-state index contributed by atoms with van der Waals surface area (Å²) in [6.07, 6.45) is 0.644. The van der Waals surface area contributed by atoms with Crippen molar-refractivity contribution >= 4 is 17.5 Å². The highest BCUT2D eigenvalue weighted by atomic mass is 19.1. The summed E-state index contributed by atoms with van der Waals surface area (Å²) in [5, 5.41) is 14.6. The summed E-state index contributed by atoms with van der Waals surface area (Å²) < 4.78 is 13.1. The molecule has 0 saturated carbocycles. The van der Waals surface area contributed by atoms with Gasteiger partial charge >= 0.3 is 0 Å². The Bertz CT molecular complexity index is 841. The largest absolute Gasteiger partial charge is 0.395 e. The number of hydrogen-bond donors (Lipinski definition) is 3. The Morgan fingerprint density at radius 1 is 1.29 bits per heavy atom. The minimum absolute atomic E-state index is 0.0213. The lowest BCUT2D eigenvalue weighted by Crippen LogP contribution is -2.35. The Hall–Kier alpha value is -2.93. The van der Waals surface area contributed by atoms with Crippen LogP contribution in [0.5, 0.6) is 0 Å². The fraction of sp³-hybridized carbons (Fsp3) is 0.333. The van der Waals surface area contributed by atoms with Crippen molar-refractivity contribution < 1.29 is 19.1 Å². The first-order valence-corrected chi connectivity index (χ1v) is 9.31. The normalized spacial score (nSPS) is 17.5. The van der Waals surface area contributed by atoms with Crippen molar-refractivity contribution in [3.63, 3.8) is 0 Å². The van der Waals surface area contributed by atoms with Gasteiger partial charge in [-0.05, 0) is 49.2 Å². The highest BCUT2D eigenvalue weighted by Crippen LogP contribution is 2.27. The number of halogens is 1. The quantitative estimate of drug-likeness (QED) is 0.683. The zero-order chi connectivity index (χ0) is 20.1. The van der Waals surface area contributed by atoms with Crippen LogP contribution in [-0.2, 0) is 4.79 Å². The van der Waals surface area contributed by atoms with Crippen LogP contribution in [0.2, 0.25) is 0 Å². The molecule has 1 fully saturated rings. The molecule has 1 aliphatic rings. The molecule has 1 heterocycles. The number of aliphatic hydroxyl groups excluding tert-OH is 1. The van der Waals surface area contributed by atoms with Crippen LogP contribution >= 0.6 is 0 Å². The average molecular weight is 385 g/mol. The van der Waals surface area contributed by atoms with Crippen LogP contribution in [-0.4, -0.2) is 47.6 Å². The van der Waals surface area contributed by atoms with E-state index in [9.17, 15) is 14.0 Å². The maximum atomic E-state index is 13.1. The molecule has 2 unspecified atom stereocenters. The number of hydrogen-bond acceptors (Lipinski definition) is 4. The Kier molecular flexibility index (Phi) is 6.26. The van der Waals surface area contributed by atoms with Crippen LogP contribution in [0, 0.1) is 5.82 Å². The van der Waals surface area contributed by atoms with Gasteiger partial charge < -0.3 is 20.6 Å². The molecule has 1 aliphatic heterocycles. The standard InChI is InChI=1S/C21H24FN3O3/c1-14(15-5-7-17(22)8-6-15)25-11-9-19(21(25)28)24-18-4-2-3-16(13-18)20(27)23-10-12-26/h2-8,13-14,19,24,26H,9-12H2,1H3,(H,23,27). The van der Waals surface area contributed by atoms with Crippen LogP contribution in [0.3, 0.4) is 0 Å². The van der Waals surface area contributed by atoms with Crippen molar-refractivity contribution in [2.24, 2.45) is 0 Å². The van der Waals surface area contributed by atoms with Gasteiger partial charge in [-0.1, -0.05) is 18.2 Å². The van der Waals surface area contributed by atoms with Crippen molar-refractivity contribution in [2.75, 3.05) is 25.0 Å². The zero-order valence-corrected chi connectivity index (χ0v) is 15.7. The Labute approximate surface area is 163 Å². The summed E-state index contributed by atoms with van der Waals surface area (Å²) in [6.45, 7) is 2.60. The summed E-state index contributed by atoms with van der Waals surface area (Å²) in [6, 6.07) is 12.6. The van der Waals surface area contributed by atoms with E-state index in [2.05, 4.69) is 10.6 Å². The van der Waals surface area contributed by atoms with Gasteiger partial charge in [-0.2, -0.15) is 0 Å². The van der Waals surface area contributed by atoms with Gasteiger partial charge in [0.05, 0.1) is 12.6 Å². The molecular formula is C21H24FN3O3. The molecule has 2 atom stereocenters. The molecule has 0 aromatic heterocycles. The Morgan fingerprint density at radius 3 is 2.75 bits per heavy atom. The lowest BCUT2D eigenvalue weighted by molar-refractivity contribution is -0.130. The van der Waals surface area contributed by atoms with E-state index in [-0.39, 0.29) is 42.9 Å². The van der Waals surface area contributed by atoms with E-state index in [0.717, 1.165) is 5.56 Å². The van der Waals surface area contributed by atoms with E-state index in [1.807, 2.05) is 13.0 Å². The topological polar surface area (TPSA) is 81.7 Å². The van der Waals surface area contributed by atoms with Crippen LogP contribution in [0.25, 0.3) is 0 Å². The second kappa shape index (κ2) is 8.84. The first-order chi connectivity index (χ1) is 13.5. The van der Waals surface area contributed by atoms with Gasteiger partial charge in [0.2, 0.25) is 5.91 Å². The number of amides is 2. The number of likely N-dealkylation sites (tertiary alicyclic amines) is 1. The first kappa shape index (κ1) is 19.8. The van der Waals surface area contributed by atoms with Crippen molar-refractivity contribution in [1.29, 1.82) is 0 Å². The van der Waals surface area contributed by atoms with Crippen molar-refractivity contribution in [1.82, 2.24) is 10.2 Å². The number of aliphatic hydroxyl groups is 1. The van der Waals surface area contributed by atoms with E-state index in [1.54, 1.807) is 35.2 Å². The third-order valence-corrected chi connectivity index (χ3v) is 4.92. The van der Waals surface area contributed by atoms with Crippen LogP contribution < -0.4 is 10.6 Å². The molecular weight excluding hydrogens is 361 g/mol. The molecule has 28 heavy (non-hydrogen) atoms. The molecule has 2 aromatic carbocycles. The first-order valence-electron chi connectivity index (χ1n) is 9.31. The number of nitrogens with one attached hydrogen (secondary N) is 2. The molecule has 0 spiro atoms. The van der Waals surface area contributed by atoms with Crippen LogP contribution in [0.4, 0.5) is 10.1 Å². The highest BCUT2D eigenvalue weighted by molar-refractivity contribution is 5.95. The van der Waals surface area contributed by atoms with Gasteiger partial charge in [0.1, 0.15) is 11.9 Å². The molecule has 148 valence electrons. The van der Waals surface area contributed by atoms with E-state index >= 15 is 0 Å². The second-order valence-corrected chi connectivity index (χ2v) is 6.81. The van der Waals surface area contributed by atoms with E-state index in [4.69, 9.17) is 5.11 Å². The molecule has 1 saturated heterocycles. The Morgan fingerprint density at radius 2 is 2.04 bits per heavy atom. The maximum absolute atomic E-state index is 13.1. The molecule has 7 heteroatoms. The minimum Gasteiger partial charge on any atom is -0.395 e. The van der Waals surface area contributed by atoms with Crippen molar-refractivity contribution in [3.8, 4) is 0 Å². The van der Waals surface area contributed by atoms with E-state index in [0.29, 0.717) is 24.2 Å².